The predicted molar refractivity (Wildman–Crippen MR) is 103 cm³/mol. The van der Waals surface area contributed by atoms with Crippen LogP contribution < -0.4 is 0 Å². The lowest BCUT2D eigenvalue weighted by atomic mass is 10.0. The third kappa shape index (κ3) is 2.87. The Balaban J connectivity index is 1.84. The van der Waals surface area contributed by atoms with E-state index in [4.69, 9.17) is 4.98 Å². The fourth-order valence-electron chi connectivity index (χ4n) is 3.64. The van der Waals surface area contributed by atoms with Gasteiger partial charge in [0.25, 0.3) is 5.91 Å². The maximum atomic E-state index is 13.2. The second-order valence-electron chi connectivity index (χ2n) is 7.36. The average molecular weight is 348 g/mol. The van der Waals surface area contributed by atoms with Gasteiger partial charge in [-0.15, -0.1) is 0 Å². The number of rotatable bonds is 3. The molecule has 4 rings (SSSR count). The van der Waals surface area contributed by atoms with Gasteiger partial charge in [0.05, 0.1) is 23.0 Å². The minimum Gasteiger partial charge on any atom is -0.336 e. The summed E-state index contributed by atoms with van der Waals surface area (Å²) < 4.78 is 1.91. The molecule has 0 aliphatic carbocycles. The number of para-hydroxylation sites is 1. The van der Waals surface area contributed by atoms with Crippen molar-refractivity contribution in [2.75, 3.05) is 6.54 Å². The van der Waals surface area contributed by atoms with Crippen LogP contribution in [0.3, 0.4) is 0 Å². The van der Waals surface area contributed by atoms with E-state index in [2.05, 4.69) is 25.9 Å². The van der Waals surface area contributed by atoms with Crippen molar-refractivity contribution in [1.82, 2.24) is 19.7 Å². The summed E-state index contributed by atoms with van der Waals surface area (Å²) >= 11 is 0. The molecule has 3 aromatic rings. The highest BCUT2D eigenvalue weighted by atomic mass is 16.2. The molecule has 134 valence electrons. The summed E-state index contributed by atoms with van der Waals surface area (Å²) in [6.45, 7) is 7.14. The van der Waals surface area contributed by atoms with Crippen molar-refractivity contribution in [3.8, 4) is 11.3 Å². The maximum absolute atomic E-state index is 13.2. The first-order valence-electron chi connectivity index (χ1n) is 9.30. The molecule has 0 unspecified atom stereocenters. The highest BCUT2D eigenvalue weighted by molar-refractivity contribution is 6.07. The van der Waals surface area contributed by atoms with E-state index < -0.39 is 0 Å². The molecule has 0 saturated carbocycles. The first kappa shape index (κ1) is 16.8. The summed E-state index contributed by atoms with van der Waals surface area (Å²) in [4.78, 5) is 20.0. The van der Waals surface area contributed by atoms with Gasteiger partial charge in [0.15, 0.2) is 0 Å². The van der Waals surface area contributed by atoms with Gasteiger partial charge < -0.3 is 4.90 Å². The van der Waals surface area contributed by atoms with E-state index in [1.807, 2.05) is 52.3 Å². The van der Waals surface area contributed by atoms with Crippen molar-refractivity contribution < 1.29 is 4.79 Å². The number of aromatic nitrogens is 3. The molecule has 1 aliphatic heterocycles. The molecule has 0 N–H and O–H groups in total. The summed E-state index contributed by atoms with van der Waals surface area (Å²) in [7, 11) is 0. The lowest BCUT2D eigenvalue weighted by molar-refractivity contribution is 0.0749. The number of carbonyl (C=O) groups excluding carboxylic acids is 1. The molecule has 3 heterocycles. The standard InChI is InChI=1S/C21H24N4O/c1-14(2)25-13-16(12-22-25)20-11-18(17-8-4-5-9-19(17)23-20)21(26)24-10-6-7-15(24)3/h4-5,8-9,11-15H,6-7,10H2,1-3H3/t15-/m1/s1. The van der Waals surface area contributed by atoms with Gasteiger partial charge in [0, 0.05) is 35.8 Å². The van der Waals surface area contributed by atoms with Crippen molar-refractivity contribution in [1.29, 1.82) is 0 Å². The number of benzene rings is 1. The second kappa shape index (κ2) is 6.56. The number of amides is 1. The molecule has 5 nitrogen and oxygen atoms in total. The van der Waals surface area contributed by atoms with Crippen LogP contribution in [0.15, 0.2) is 42.7 Å². The van der Waals surface area contributed by atoms with Gasteiger partial charge in [-0.25, -0.2) is 4.98 Å². The number of hydrogen-bond acceptors (Lipinski definition) is 3. The summed E-state index contributed by atoms with van der Waals surface area (Å²) in [5.41, 5.74) is 3.31. The number of likely N-dealkylation sites (tertiary alicyclic amines) is 1. The molecule has 5 heteroatoms. The minimum atomic E-state index is 0.103. The van der Waals surface area contributed by atoms with E-state index in [-0.39, 0.29) is 11.9 Å². The first-order valence-corrected chi connectivity index (χ1v) is 9.30. The van der Waals surface area contributed by atoms with Gasteiger partial charge in [0.1, 0.15) is 0 Å². The van der Waals surface area contributed by atoms with E-state index >= 15 is 0 Å². The van der Waals surface area contributed by atoms with Crippen molar-refractivity contribution in [2.45, 2.75) is 45.7 Å². The van der Waals surface area contributed by atoms with Crippen LogP contribution in [-0.4, -0.2) is 38.2 Å². The van der Waals surface area contributed by atoms with Crippen LogP contribution >= 0.6 is 0 Å². The maximum Gasteiger partial charge on any atom is 0.254 e. The molecule has 1 aromatic carbocycles. The van der Waals surface area contributed by atoms with E-state index in [1.54, 1.807) is 0 Å². The van der Waals surface area contributed by atoms with Crippen molar-refractivity contribution in [3.05, 3.63) is 48.3 Å². The highest BCUT2D eigenvalue weighted by Crippen LogP contribution is 2.28. The van der Waals surface area contributed by atoms with Crippen molar-refractivity contribution in [3.63, 3.8) is 0 Å². The third-order valence-corrected chi connectivity index (χ3v) is 5.19. The van der Waals surface area contributed by atoms with Gasteiger partial charge in [0.2, 0.25) is 0 Å². The van der Waals surface area contributed by atoms with Crippen LogP contribution in [0.5, 0.6) is 0 Å². The quantitative estimate of drug-likeness (QED) is 0.709. The molecule has 0 spiro atoms. The van der Waals surface area contributed by atoms with E-state index in [9.17, 15) is 4.79 Å². The van der Waals surface area contributed by atoms with Gasteiger partial charge >= 0.3 is 0 Å². The van der Waals surface area contributed by atoms with Crippen LogP contribution in [0.2, 0.25) is 0 Å². The molecule has 26 heavy (non-hydrogen) atoms. The van der Waals surface area contributed by atoms with Crippen LogP contribution in [0.25, 0.3) is 22.2 Å². The zero-order chi connectivity index (χ0) is 18.3. The molecule has 1 fully saturated rings. The molecule has 1 atom stereocenters. The number of hydrogen-bond donors (Lipinski definition) is 0. The Morgan fingerprint density at radius 2 is 2.08 bits per heavy atom. The molecule has 1 aliphatic rings. The molecular weight excluding hydrogens is 324 g/mol. The topological polar surface area (TPSA) is 51.0 Å². The third-order valence-electron chi connectivity index (χ3n) is 5.19. The Bertz CT molecular complexity index is 960. The second-order valence-corrected chi connectivity index (χ2v) is 7.36. The molecule has 0 radical (unpaired) electrons. The van der Waals surface area contributed by atoms with Gasteiger partial charge in [-0.2, -0.15) is 5.10 Å². The normalized spacial score (nSPS) is 17.4. The first-order chi connectivity index (χ1) is 12.5. The van der Waals surface area contributed by atoms with Gasteiger partial charge in [-0.1, -0.05) is 18.2 Å². The lowest BCUT2D eigenvalue weighted by Gasteiger charge is -2.22. The number of carbonyl (C=O) groups is 1. The van der Waals surface area contributed by atoms with Crippen molar-refractivity contribution in [2.24, 2.45) is 0 Å². The number of fused-ring (bicyclic) bond motifs is 1. The number of nitrogens with zero attached hydrogens (tertiary/aromatic N) is 4. The fraction of sp³-hybridized carbons (Fsp3) is 0.381. The Hall–Kier alpha value is -2.69. The molecule has 2 aromatic heterocycles. The Labute approximate surface area is 153 Å². The predicted octanol–water partition coefficient (Wildman–Crippen LogP) is 4.30. The molecule has 1 saturated heterocycles. The van der Waals surface area contributed by atoms with E-state index in [0.29, 0.717) is 6.04 Å². The molecular formula is C21H24N4O. The zero-order valence-electron chi connectivity index (χ0n) is 15.5. The zero-order valence-corrected chi connectivity index (χ0v) is 15.5. The largest absolute Gasteiger partial charge is 0.336 e. The summed E-state index contributed by atoms with van der Waals surface area (Å²) in [6, 6.07) is 10.4. The summed E-state index contributed by atoms with van der Waals surface area (Å²) in [6.07, 6.45) is 5.96. The number of pyridine rings is 1. The Kier molecular flexibility index (Phi) is 4.23. The van der Waals surface area contributed by atoms with Crippen molar-refractivity contribution >= 4 is 16.8 Å². The highest BCUT2D eigenvalue weighted by Gasteiger charge is 2.27. The van der Waals surface area contributed by atoms with E-state index in [1.165, 1.54) is 0 Å². The van der Waals surface area contributed by atoms with Gasteiger partial charge in [-0.05, 0) is 45.7 Å². The summed E-state index contributed by atoms with van der Waals surface area (Å²) in [5.74, 6) is 0.103. The van der Waals surface area contributed by atoms with Crippen LogP contribution in [0.1, 0.15) is 50.0 Å². The molecule has 0 bridgehead atoms. The van der Waals surface area contributed by atoms with Crippen LogP contribution in [0.4, 0.5) is 0 Å². The fourth-order valence-corrected chi connectivity index (χ4v) is 3.64. The smallest absolute Gasteiger partial charge is 0.254 e. The van der Waals surface area contributed by atoms with Gasteiger partial charge in [-0.3, -0.25) is 9.48 Å². The SMILES string of the molecule is CC(C)n1cc(-c2cc(C(=O)N3CCC[C@H]3C)c3ccccc3n2)cn1. The molecule has 1 amide bonds. The van der Waals surface area contributed by atoms with E-state index in [0.717, 1.165) is 47.1 Å². The Morgan fingerprint density at radius 1 is 1.27 bits per heavy atom. The Morgan fingerprint density at radius 3 is 2.77 bits per heavy atom. The average Bonchev–Trinajstić information content (AvgIpc) is 3.29. The lowest BCUT2D eigenvalue weighted by Crippen LogP contribution is -2.33. The minimum absolute atomic E-state index is 0.103. The van der Waals surface area contributed by atoms with Crippen LogP contribution in [0, 0.1) is 0 Å². The summed E-state index contributed by atoms with van der Waals surface area (Å²) in [5, 5.41) is 5.33. The monoisotopic (exact) mass is 348 g/mol. The van der Waals surface area contributed by atoms with Crippen LogP contribution in [-0.2, 0) is 0 Å².